The molecule has 2 aromatic carbocycles. The van der Waals surface area contributed by atoms with Crippen LogP contribution < -0.4 is 4.90 Å². The third-order valence-corrected chi connectivity index (χ3v) is 5.93. The van der Waals surface area contributed by atoms with E-state index < -0.39 is 11.6 Å². The third-order valence-electron chi connectivity index (χ3n) is 5.93. The number of hydrogen-bond acceptors (Lipinski definition) is 5. The lowest BCUT2D eigenvalue weighted by atomic mass is 9.77. The summed E-state index contributed by atoms with van der Waals surface area (Å²) in [4.78, 5) is 4.33. The summed E-state index contributed by atoms with van der Waals surface area (Å²) in [6.07, 6.45) is 0.278. The van der Waals surface area contributed by atoms with E-state index in [0.717, 1.165) is 40.8 Å². The molecule has 5 nitrogen and oxygen atoms in total. The number of fused-ring (bicyclic) bond motifs is 1. The summed E-state index contributed by atoms with van der Waals surface area (Å²) in [5, 5.41) is 22.3. The summed E-state index contributed by atoms with van der Waals surface area (Å²) >= 11 is 0. The van der Waals surface area contributed by atoms with Crippen molar-refractivity contribution in [3.8, 4) is 0 Å². The second kappa shape index (κ2) is 6.91. The van der Waals surface area contributed by atoms with Gasteiger partial charge in [-0.1, -0.05) is 54.6 Å². The number of β-amino-alcohol motifs (C(OH)–C–C–N with tert-alkyl or cyclic N) is 1. The van der Waals surface area contributed by atoms with Gasteiger partial charge in [0, 0.05) is 23.9 Å². The summed E-state index contributed by atoms with van der Waals surface area (Å²) in [5.41, 5.74) is 1.69. The van der Waals surface area contributed by atoms with Gasteiger partial charge in [0.2, 0.25) is 0 Å². The van der Waals surface area contributed by atoms with Crippen molar-refractivity contribution in [3.05, 3.63) is 65.9 Å². The molecule has 1 aromatic heterocycles. The van der Waals surface area contributed by atoms with Crippen molar-refractivity contribution in [2.45, 2.75) is 25.0 Å². The average molecular weight is 362 g/mol. The van der Waals surface area contributed by atoms with E-state index in [4.69, 9.17) is 0 Å². The summed E-state index contributed by atoms with van der Waals surface area (Å²) in [7, 11) is 4.10. The molecule has 1 fully saturated rings. The lowest BCUT2D eigenvalue weighted by Gasteiger charge is -2.50. The van der Waals surface area contributed by atoms with Gasteiger partial charge in [0.1, 0.15) is 0 Å². The molecule has 0 spiro atoms. The van der Waals surface area contributed by atoms with Crippen molar-refractivity contribution in [1.82, 2.24) is 15.1 Å². The minimum Gasteiger partial charge on any atom is -0.389 e. The van der Waals surface area contributed by atoms with Gasteiger partial charge in [-0.25, -0.2) is 0 Å². The molecule has 0 aliphatic carbocycles. The fourth-order valence-corrected chi connectivity index (χ4v) is 4.42. The maximum Gasteiger partial charge on any atom is 0.159 e. The highest BCUT2D eigenvalue weighted by Crippen LogP contribution is 2.39. The number of likely N-dealkylation sites (N-methyl/N-ethyl adjacent to an activating group) is 1. The number of anilines is 1. The Balaban J connectivity index is 1.71. The normalized spacial score (nSPS) is 23.1. The van der Waals surface area contributed by atoms with E-state index in [0.29, 0.717) is 6.54 Å². The number of aliphatic hydroxyl groups is 1. The summed E-state index contributed by atoms with van der Waals surface area (Å²) < 4.78 is 0. The molecule has 4 rings (SSSR count). The average Bonchev–Trinajstić information content (AvgIpc) is 2.69. The molecule has 5 heteroatoms. The van der Waals surface area contributed by atoms with Crippen molar-refractivity contribution < 1.29 is 5.11 Å². The molecule has 1 N–H and O–H groups in total. The molecule has 1 aliphatic rings. The smallest absolute Gasteiger partial charge is 0.159 e. The molecule has 0 bridgehead atoms. The summed E-state index contributed by atoms with van der Waals surface area (Å²) in [6, 6.07) is 18.5. The van der Waals surface area contributed by atoms with E-state index >= 15 is 0 Å². The molecule has 0 unspecified atom stereocenters. The molecule has 2 atom stereocenters. The number of benzene rings is 2. The second-order valence-electron chi connectivity index (χ2n) is 7.55. The van der Waals surface area contributed by atoms with Crippen LogP contribution in [0.15, 0.2) is 54.6 Å². The molecular weight excluding hydrogens is 336 g/mol. The van der Waals surface area contributed by atoms with Gasteiger partial charge < -0.3 is 10.0 Å². The predicted molar refractivity (Wildman–Crippen MR) is 109 cm³/mol. The van der Waals surface area contributed by atoms with Crippen LogP contribution in [-0.4, -0.2) is 53.5 Å². The van der Waals surface area contributed by atoms with Crippen LogP contribution in [0, 0.1) is 6.92 Å². The first-order valence-electron chi connectivity index (χ1n) is 9.42. The molecule has 27 heavy (non-hydrogen) atoms. The maximum absolute atomic E-state index is 11.3. The standard InChI is InChI=1S/C22H26N4O/c1-16-18-11-7-8-12-19(18)21(24-23-16)26-14-13-22(25(2)3,20(27)15-26)17-9-5-4-6-10-17/h4-12,20,27H,13-15H2,1-3H3/t20-,22+/m1/s1. The first-order chi connectivity index (χ1) is 13.0. The summed E-state index contributed by atoms with van der Waals surface area (Å²) in [5.74, 6) is 0.857. The van der Waals surface area contributed by atoms with E-state index in [2.05, 4.69) is 44.3 Å². The zero-order valence-corrected chi connectivity index (χ0v) is 16.1. The van der Waals surface area contributed by atoms with Crippen LogP contribution in [0.3, 0.4) is 0 Å². The van der Waals surface area contributed by atoms with Gasteiger partial charge in [-0.3, -0.25) is 4.90 Å². The van der Waals surface area contributed by atoms with Crippen molar-refractivity contribution in [2.24, 2.45) is 0 Å². The highest BCUT2D eigenvalue weighted by atomic mass is 16.3. The van der Waals surface area contributed by atoms with E-state index in [-0.39, 0.29) is 0 Å². The van der Waals surface area contributed by atoms with Crippen molar-refractivity contribution in [2.75, 3.05) is 32.1 Å². The van der Waals surface area contributed by atoms with Crippen LogP contribution >= 0.6 is 0 Å². The Bertz CT molecular complexity index is 943. The van der Waals surface area contributed by atoms with Gasteiger partial charge in [-0.05, 0) is 33.0 Å². The Morgan fingerprint density at radius 2 is 1.67 bits per heavy atom. The van der Waals surface area contributed by atoms with Crippen molar-refractivity contribution >= 4 is 16.6 Å². The number of aryl methyl sites for hydroxylation is 1. The largest absolute Gasteiger partial charge is 0.389 e. The van der Waals surface area contributed by atoms with E-state index in [1.807, 2.05) is 51.4 Å². The van der Waals surface area contributed by atoms with Crippen LogP contribution in [0.1, 0.15) is 17.7 Å². The van der Waals surface area contributed by atoms with Gasteiger partial charge in [0.25, 0.3) is 0 Å². The first-order valence-corrected chi connectivity index (χ1v) is 9.42. The SMILES string of the molecule is Cc1nnc(N2CC[C@@](c3ccccc3)(N(C)C)[C@H](O)C2)c2ccccc12. The summed E-state index contributed by atoms with van der Waals surface area (Å²) in [6.45, 7) is 3.32. The van der Waals surface area contributed by atoms with Crippen molar-refractivity contribution in [3.63, 3.8) is 0 Å². The van der Waals surface area contributed by atoms with Gasteiger partial charge in [-0.2, -0.15) is 5.10 Å². The Kier molecular flexibility index (Phi) is 4.58. The number of piperidine rings is 1. The fraction of sp³-hybridized carbons (Fsp3) is 0.364. The molecule has 3 aromatic rings. The Morgan fingerprint density at radius 1 is 1.00 bits per heavy atom. The number of hydrogen-bond donors (Lipinski definition) is 1. The van der Waals surface area contributed by atoms with Crippen LogP contribution in [0.2, 0.25) is 0 Å². The fourth-order valence-electron chi connectivity index (χ4n) is 4.42. The topological polar surface area (TPSA) is 52.5 Å². The number of nitrogens with zero attached hydrogens (tertiary/aromatic N) is 4. The predicted octanol–water partition coefficient (Wildman–Crippen LogP) is 2.97. The second-order valence-corrected chi connectivity index (χ2v) is 7.55. The van der Waals surface area contributed by atoms with Crippen LogP contribution in [-0.2, 0) is 5.54 Å². The van der Waals surface area contributed by atoms with Gasteiger partial charge in [0.15, 0.2) is 5.82 Å². The third kappa shape index (κ3) is 2.87. The molecule has 0 amide bonds. The Morgan fingerprint density at radius 3 is 2.33 bits per heavy atom. The van der Waals surface area contributed by atoms with Crippen molar-refractivity contribution in [1.29, 1.82) is 0 Å². The molecular formula is C22H26N4O. The highest BCUT2D eigenvalue weighted by molar-refractivity contribution is 5.93. The minimum absolute atomic E-state index is 0.397. The molecule has 1 aliphatic heterocycles. The van der Waals surface area contributed by atoms with E-state index in [1.54, 1.807) is 0 Å². The van der Waals surface area contributed by atoms with E-state index in [9.17, 15) is 5.11 Å². The van der Waals surface area contributed by atoms with Gasteiger partial charge >= 0.3 is 0 Å². The molecule has 0 radical (unpaired) electrons. The highest BCUT2D eigenvalue weighted by Gasteiger charge is 2.46. The van der Waals surface area contributed by atoms with E-state index in [1.165, 1.54) is 0 Å². The van der Waals surface area contributed by atoms with Crippen LogP contribution in [0.5, 0.6) is 0 Å². The van der Waals surface area contributed by atoms with Crippen LogP contribution in [0.4, 0.5) is 5.82 Å². The molecule has 1 saturated heterocycles. The maximum atomic E-state index is 11.3. The molecule has 140 valence electrons. The molecule has 0 saturated carbocycles. The van der Waals surface area contributed by atoms with Gasteiger partial charge in [-0.15, -0.1) is 5.10 Å². The first kappa shape index (κ1) is 17.9. The zero-order valence-electron chi connectivity index (χ0n) is 16.1. The Labute approximate surface area is 160 Å². The minimum atomic E-state index is -0.537. The van der Waals surface area contributed by atoms with Crippen LogP contribution in [0.25, 0.3) is 10.8 Å². The monoisotopic (exact) mass is 362 g/mol. The molecule has 2 heterocycles. The number of aliphatic hydroxyl groups excluding tert-OH is 1. The van der Waals surface area contributed by atoms with Gasteiger partial charge in [0.05, 0.1) is 17.3 Å². The quantitative estimate of drug-likeness (QED) is 0.776. The number of aromatic nitrogens is 2. The zero-order chi connectivity index (χ0) is 19.0. The lowest BCUT2D eigenvalue weighted by molar-refractivity contribution is -0.0246. The number of rotatable bonds is 3. The Hall–Kier alpha value is -2.50. The lowest BCUT2D eigenvalue weighted by Crippen LogP contribution is -2.60.